The maximum Gasteiger partial charge on any atom is 0.277 e. The van der Waals surface area contributed by atoms with Crippen molar-refractivity contribution in [3.63, 3.8) is 0 Å². The number of ether oxygens (including phenoxy) is 2. The highest BCUT2D eigenvalue weighted by molar-refractivity contribution is 9.10. The van der Waals surface area contributed by atoms with Crippen molar-refractivity contribution in [2.75, 3.05) is 26.1 Å². The van der Waals surface area contributed by atoms with Gasteiger partial charge in [0, 0.05) is 23.9 Å². The van der Waals surface area contributed by atoms with Crippen LogP contribution in [0.15, 0.2) is 46.1 Å². The van der Waals surface area contributed by atoms with E-state index in [4.69, 9.17) is 9.47 Å². The molecule has 186 valence electrons. The first-order valence-corrected chi connectivity index (χ1v) is 11.6. The van der Waals surface area contributed by atoms with E-state index in [-0.39, 0.29) is 22.5 Å². The van der Waals surface area contributed by atoms with Crippen LogP contribution < -0.4 is 14.8 Å². The van der Waals surface area contributed by atoms with E-state index in [2.05, 4.69) is 21.2 Å². The summed E-state index contributed by atoms with van der Waals surface area (Å²) in [5.74, 6) is -2.86. The molecule has 8 nitrogen and oxygen atoms in total. The number of amides is 2. The summed E-state index contributed by atoms with van der Waals surface area (Å²) in [4.78, 5) is 26.7. The molecule has 11 heteroatoms. The number of aliphatic hydroxyl groups is 1. The van der Waals surface area contributed by atoms with Crippen LogP contribution in [0.4, 0.5) is 14.5 Å². The Hall–Kier alpha value is -3.18. The van der Waals surface area contributed by atoms with Crippen LogP contribution in [-0.2, 0) is 16.1 Å². The summed E-state index contributed by atoms with van der Waals surface area (Å²) in [7, 11) is 3.03. The van der Waals surface area contributed by atoms with Crippen LogP contribution in [0.25, 0.3) is 0 Å². The number of carbonyl (C=O) groups excluding carboxylic acids is 2. The van der Waals surface area contributed by atoms with E-state index in [0.29, 0.717) is 36.4 Å². The number of anilines is 1. The van der Waals surface area contributed by atoms with Gasteiger partial charge in [-0.3, -0.25) is 14.6 Å². The Morgan fingerprint density at radius 2 is 1.89 bits per heavy atom. The second kappa shape index (κ2) is 9.46. The highest BCUT2D eigenvalue weighted by Gasteiger charge is 2.52. The fraction of sp³-hybridized carbons (Fsp3) is 0.333. The maximum absolute atomic E-state index is 14.0. The minimum Gasteiger partial charge on any atom is -0.509 e. The number of fused-ring (bicyclic) bond motifs is 1. The molecule has 4 rings (SSSR count). The number of methoxy groups -OCH3 is 2. The van der Waals surface area contributed by atoms with E-state index in [9.17, 15) is 23.5 Å². The van der Waals surface area contributed by atoms with Crippen molar-refractivity contribution in [2.24, 2.45) is 0 Å². The molecular weight excluding hydrogens is 528 g/mol. The smallest absolute Gasteiger partial charge is 0.277 e. The molecule has 2 aromatic rings. The predicted octanol–water partition coefficient (Wildman–Crippen LogP) is 4.31. The van der Waals surface area contributed by atoms with Gasteiger partial charge in [0.05, 0.1) is 30.8 Å². The molecule has 2 aliphatic rings. The summed E-state index contributed by atoms with van der Waals surface area (Å²) in [5.41, 5.74) is -1.02. The molecule has 2 heterocycles. The number of nitrogens with zero attached hydrogens (tertiary/aromatic N) is 2. The molecular formula is C24H24BrF2N3O5. The molecule has 0 saturated carbocycles. The van der Waals surface area contributed by atoms with Crippen LogP contribution in [0.1, 0.15) is 25.3 Å². The van der Waals surface area contributed by atoms with E-state index >= 15 is 0 Å². The Kier molecular flexibility index (Phi) is 6.74. The first kappa shape index (κ1) is 24.9. The zero-order chi connectivity index (χ0) is 25.5. The Balaban J connectivity index is 1.70. The van der Waals surface area contributed by atoms with Gasteiger partial charge in [0.1, 0.15) is 34.5 Å². The Bertz CT molecular complexity index is 1210. The van der Waals surface area contributed by atoms with E-state index in [1.165, 1.54) is 19.2 Å². The number of aliphatic hydroxyl groups excluding tert-OH is 1. The molecule has 1 fully saturated rings. The normalized spacial score (nSPS) is 20.2. The molecule has 2 aromatic carbocycles. The van der Waals surface area contributed by atoms with Gasteiger partial charge in [-0.15, -0.1) is 0 Å². The average Bonchev–Trinajstić information content (AvgIpc) is 3.23. The fourth-order valence-electron chi connectivity index (χ4n) is 4.51. The molecule has 2 aliphatic heterocycles. The maximum atomic E-state index is 14.0. The average molecular weight is 552 g/mol. The van der Waals surface area contributed by atoms with Crippen LogP contribution in [0, 0.1) is 11.6 Å². The lowest BCUT2D eigenvalue weighted by atomic mass is 9.90. The molecule has 2 N–H and O–H groups in total. The number of rotatable bonds is 6. The molecule has 0 bridgehead atoms. The molecule has 2 amide bonds. The minimum absolute atomic E-state index is 0.0627. The van der Waals surface area contributed by atoms with E-state index < -0.39 is 34.6 Å². The summed E-state index contributed by atoms with van der Waals surface area (Å²) in [6.07, 6.45) is 1.18. The van der Waals surface area contributed by atoms with E-state index in [1.807, 2.05) is 0 Å². The molecule has 1 unspecified atom stereocenters. The van der Waals surface area contributed by atoms with Gasteiger partial charge in [-0.1, -0.05) is 0 Å². The van der Waals surface area contributed by atoms with Crippen LogP contribution >= 0.6 is 15.9 Å². The molecule has 35 heavy (non-hydrogen) atoms. The molecule has 0 aromatic heterocycles. The second-order valence-corrected chi connectivity index (χ2v) is 9.27. The predicted molar refractivity (Wildman–Crippen MR) is 127 cm³/mol. The zero-order valence-electron chi connectivity index (χ0n) is 19.3. The third-order valence-electron chi connectivity index (χ3n) is 6.37. The van der Waals surface area contributed by atoms with Crippen molar-refractivity contribution in [1.29, 1.82) is 0 Å². The second-order valence-electron chi connectivity index (χ2n) is 8.47. The number of hydrazine groups is 1. The number of halogens is 3. The van der Waals surface area contributed by atoms with Crippen molar-refractivity contribution >= 4 is 33.4 Å². The highest BCUT2D eigenvalue weighted by atomic mass is 79.9. The van der Waals surface area contributed by atoms with Crippen molar-refractivity contribution in [1.82, 2.24) is 10.0 Å². The van der Waals surface area contributed by atoms with E-state index in [0.717, 1.165) is 12.1 Å². The van der Waals surface area contributed by atoms with Crippen LogP contribution in [0.5, 0.6) is 11.5 Å². The number of hydrogen-bond acceptors (Lipinski definition) is 6. The van der Waals surface area contributed by atoms with Gasteiger partial charge in [-0.2, -0.15) is 0 Å². The van der Waals surface area contributed by atoms with E-state index in [1.54, 1.807) is 30.1 Å². The van der Waals surface area contributed by atoms with Gasteiger partial charge in [0.25, 0.3) is 11.8 Å². The lowest BCUT2D eigenvalue weighted by Crippen LogP contribution is -2.60. The molecule has 0 radical (unpaired) electrons. The van der Waals surface area contributed by atoms with Gasteiger partial charge >= 0.3 is 0 Å². The minimum atomic E-state index is -1.00. The number of hydrogen-bond donors (Lipinski definition) is 2. The highest BCUT2D eigenvalue weighted by Crippen LogP contribution is 2.42. The summed E-state index contributed by atoms with van der Waals surface area (Å²) < 4.78 is 38.2. The Morgan fingerprint density at radius 3 is 2.51 bits per heavy atom. The topological polar surface area (TPSA) is 91.3 Å². The summed E-state index contributed by atoms with van der Waals surface area (Å²) >= 11 is 2.78. The number of nitrogens with one attached hydrogen (secondary N) is 1. The molecule has 0 aliphatic carbocycles. The molecule has 1 saturated heterocycles. The van der Waals surface area contributed by atoms with Crippen LogP contribution in [0.2, 0.25) is 0 Å². The standard InChI is InChI=1S/C24H24BrF2N3O5/c1-24-7-4-8-30(24)29(12-13-5-6-15(34-2)11-18(13)35-3)23(33)19(21(24)31)22(32)28-14-9-16(26)20(25)17(27)10-14/h5-6,9-11,31H,4,7-8,12H2,1-3H3,(H,28,32). The Morgan fingerprint density at radius 1 is 1.20 bits per heavy atom. The van der Waals surface area contributed by atoms with Crippen molar-refractivity contribution in [3.05, 3.63) is 63.3 Å². The SMILES string of the molecule is COc1ccc(CN2C(=O)C(C(=O)Nc3cc(F)c(Br)c(F)c3)=C(O)C3(C)CCCN23)c(OC)c1. The first-order valence-electron chi connectivity index (χ1n) is 10.8. The summed E-state index contributed by atoms with van der Waals surface area (Å²) in [6.45, 7) is 2.29. The first-order chi connectivity index (χ1) is 16.6. The third kappa shape index (κ3) is 4.34. The molecule has 0 spiro atoms. The number of carbonyl (C=O) groups is 2. The molecule has 1 atom stereocenters. The number of benzene rings is 2. The monoisotopic (exact) mass is 551 g/mol. The fourth-order valence-corrected chi connectivity index (χ4v) is 4.74. The van der Waals surface area contributed by atoms with Gasteiger partial charge < -0.3 is 19.9 Å². The van der Waals surface area contributed by atoms with Gasteiger partial charge in [0.15, 0.2) is 0 Å². The lowest BCUT2D eigenvalue weighted by Gasteiger charge is -2.46. The zero-order valence-corrected chi connectivity index (χ0v) is 20.9. The van der Waals surface area contributed by atoms with Crippen molar-refractivity contribution in [3.8, 4) is 11.5 Å². The van der Waals surface area contributed by atoms with Gasteiger partial charge in [-0.25, -0.2) is 13.8 Å². The Labute approximate surface area is 209 Å². The quantitative estimate of drug-likeness (QED) is 0.410. The largest absolute Gasteiger partial charge is 0.509 e. The van der Waals surface area contributed by atoms with Gasteiger partial charge in [0.2, 0.25) is 0 Å². The third-order valence-corrected chi connectivity index (χ3v) is 7.13. The van der Waals surface area contributed by atoms with Crippen molar-refractivity contribution < 1.29 is 33.0 Å². The lowest BCUT2D eigenvalue weighted by molar-refractivity contribution is -0.160. The van der Waals surface area contributed by atoms with Gasteiger partial charge in [-0.05, 0) is 60.0 Å². The van der Waals surface area contributed by atoms with Crippen molar-refractivity contribution in [2.45, 2.75) is 31.8 Å². The summed E-state index contributed by atoms with van der Waals surface area (Å²) in [6, 6.07) is 7.00. The van der Waals surface area contributed by atoms with Crippen LogP contribution in [-0.4, -0.2) is 53.2 Å². The van der Waals surface area contributed by atoms with Crippen LogP contribution in [0.3, 0.4) is 0 Å². The summed E-state index contributed by atoms with van der Waals surface area (Å²) in [5, 5.41) is 16.5.